The third kappa shape index (κ3) is 1.92. The minimum absolute atomic E-state index is 0.440. The number of nitrogens with zero attached hydrogens (tertiary/aromatic N) is 3. The van der Waals surface area contributed by atoms with Gasteiger partial charge in [-0.05, 0) is 12.1 Å². The Labute approximate surface area is 96.1 Å². The molecule has 1 heterocycles. The molecule has 1 aromatic heterocycles. The van der Waals surface area contributed by atoms with E-state index in [1.807, 2.05) is 41.9 Å². The number of imidazole rings is 1. The van der Waals surface area contributed by atoms with E-state index in [-0.39, 0.29) is 0 Å². The maximum Gasteiger partial charge on any atom is 0.159 e. The molecule has 2 aromatic rings. The first kappa shape index (κ1) is 9.94. The van der Waals surface area contributed by atoms with E-state index in [1.54, 1.807) is 6.20 Å². The van der Waals surface area contributed by atoms with Gasteiger partial charge in [0.15, 0.2) is 5.69 Å². The molecule has 0 N–H and O–H groups in total. The molecule has 74 valence electrons. The molecule has 0 saturated carbocycles. The van der Waals surface area contributed by atoms with E-state index in [9.17, 15) is 0 Å². The van der Waals surface area contributed by atoms with Crippen molar-refractivity contribution < 1.29 is 0 Å². The summed E-state index contributed by atoms with van der Waals surface area (Å²) >= 11 is 3.38. The lowest BCUT2D eigenvalue weighted by molar-refractivity contribution is 0.924. The van der Waals surface area contributed by atoms with E-state index >= 15 is 0 Å². The third-order valence-corrected chi connectivity index (χ3v) is 2.62. The van der Waals surface area contributed by atoms with Crippen molar-refractivity contribution in [3.8, 4) is 17.5 Å². The Morgan fingerprint density at radius 2 is 2.00 bits per heavy atom. The quantitative estimate of drug-likeness (QED) is 0.792. The lowest BCUT2D eigenvalue weighted by atomic mass is 10.2. The fraction of sp³-hybridized carbons (Fsp3) is 0.0909. The van der Waals surface area contributed by atoms with Gasteiger partial charge in [0.1, 0.15) is 11.9 Å². The first-order valence-electron chi connectivity index (χ1n) is 4.40. The smallest absolute Gasteiger partial charge is 0.159 e. The second-order valence-electron chi connectivity index (χ2n) is 3.18. The minimum atomic E-state index is 0.440. The van der Waals surface area contributed by atoms with Crippen molar-refractivity contribution in [2.75, 3.05) is 0 Å². The van der Waals surface area contributed by atoms with Crippen molar-refractivity contribution in [1.29, 1.82) is 5.26 Å². The van der Waals surface area contributed by atoms with Crippen LogP contribution in [0.15, 0.2) is 34.9 Å². The number of hydrogen-bond donors (Lipinski definition) is 0. The van der Waals surface area contributed by atoms with Crippen LogP contribution in [0.3, 0.4) is 0 Å². The Kier molecular flexibility index (Phi) is 2.57. The SMILES string of the molecule is Cn1cc(C#N)nc1-c1ccc(Br)cc1. The van der Waals surface area contributed by atoms with Crippen LogP contribution < -0.4 is 0 Å². The van der Waals surface area contributed by atoms with Gasteiger partial charge in [-0.25, -0.2) is 4.98 Å². The van der Waals surface area contributed by atoms with Crippen molar-refractivity contribution in [1.82, 2.24) is 9.55 Å². The second kappa shape index (κ2) is 3.87. The van der Waals surface area contributed by atoms with Crippen LogP contribution in [-0.4, -0.2) is 9.55 Å². The maximum atomic E-state index is 8.73. The van der Waals surface area contributed by atoms with E-state index in [4.69, 9.17) is 5.26 Å². The molecule has 0 atom stereocenters. The molecule has 0 spiro atoms. The fourth-order valence-corrected chi connectivity index (χ4v) is 1.65. The van der Waals surface area contributed by atoms with Crippen molar-refractivity contribution in [2.45, 2.75) is 0 Å². The molecule has 0 bridgehead atoms. The highest BCUT2D eigenvalue weighted by Gasteiger charge is 2.06. The van der Waals surface area contributed by atoms with Crippen LogP contribution in [0.4, 0.5) is 0 Å². The summed E-state index contributed by atoms with van der Waals surface area (Å²) in [5.41, 5.74) is 1.44. The first-order valence-corrected chi connectivity index (χ1v) is 5.19. The van der Waals surface area contributed by atoms with E-state index in [0.717, 1.165) is 15.9 Å². The Morgan fingerprint density at radius 3 is 2.53 bits per heavy atom. The molecular weight excluding hydrogens is 254 g/mol. The van der Waals surface area contributed by atoms with Gasteiger partial charge in [-0.1, -0.05) is 28.1 Å². The molecule has 4 heteroatoms. The van der Waals surface area contributed by atoms with E-state index in [2.05, 4.69) is 20.9 Å². The Bertz CT molecular complexity index is 520. The Balaban J connectivity index is 2.50. The second-order valence-corrected chi connectivity index (χ2v) is 4.10. The van der Waals surface area contributed by atoms with Gasteiger partial charge in [0.25, 0.3) is 0 Å². The number of nitriles is 1. The largest absolute Gasteiger partial charge is 0.333 e. The minimum Gasteiger partial charge on any atom is -0.333 e. The molecule has 2 rings (SSSR count). The van der Waals surface area contributed by atoms with Crippen LogP contribution in [0.25, 0.3) is 11.4 Å². The van der Waals surface area contributed by atoms with Gasteiger partial charge in [-0.2, -0.15) is 5.26 Å². The van der Waals surface area contributed by atoms with Crippen LogP contribution in [0.2, 0.25) is 0 Å². The lowest BCUT2D eigenvalue weighted by Gasteiger charge is -2.00. The summed E-state index contributed by atoms with van der Waals surface area (Å²) in [7, 11) is 1.88. The molecule has 0 aliphatic heterocycles. The summed E-state index contributed by atoms with van der Waals surface area (Å²) in [6.45, 7) is 0. The number of rotatable bonds is 1. The van der Waals surface area contributed by atoms with Crippen LogP contribution in [0, 0.1) is 11.3 Å². The summed E-state index contributed by atoms with van der Waals surface area (Å²) in [6, 6.07) is 9.87. The van der Waals surface area contributed by atoms with Gasteiger partial charge in [0, 0.05) is 23.3 Å². The maximum absolute atomic E-state index is 8.73. The summed E-state index contributed by atoms with van der Waals surface area (Å²) in [5.74, 6) is 0.805. The van der Waals surface area contributed by atoms with Crippen LogP contribution in [0.5, 0.6) is 0 Å². The molecule has 1 aromatic carbocycles. The number of benzene rings is 1. The summed E-state index contributed by atoms with van der Waals surface area (Å²) < 4.78 is 2.88. The highest BCUT2D eigenvalue weighted by atomic mass is 79.9. The summed E-state index contributed by atoms with van der Waals surface area (Å²) in [6.07, 6.45) is 1.72. The van der Waals surface area contributed by atoms with Gasteiger partial charge >= 0.3 is 0 Å². The molecule has 3 nitrogen and oxygen atoms in total. The van der Waals surface area contributed by atoms with Crippen LogP contribution in [0.1, 0.15) is 5.69 Å². The predicted octanol–water partition coefficient (Wildman–Crippen LogP) is 2.72. The highest BCUT2D eigenvalue weighted by molar-refractivity contribution is 9.10. The number of aryl methyl sites for hydroxylation is 1. The normalized spacial score (nSPS) is 9.93. The van der Waals surface area contributed by atoms with Crippen molar-refractivity contribution in [3.05, 3.63) is 40.6 Å². The molecule has 0 aliphatic rings. The topological polar surface area (TPSA) is 41.6 Å². The van der Waals surface area contributed by atoms with Gasteiger partial charge in [0.05, 0.1) is 0 Å². The number of halogens is 1. The van der Waals surface area contributed by atoms with Crippen molar-refractivity contribution in [2.24, 2.45) is 7.05 Å². The van der Waals surface area contributed by atoms with Crippen molar-refractivity contribution in [3.63, 3.8) is 0 Å². The van der Waals surface area contributed by atoms with Gasteiger partial charge in [-0.3, -0.25) is 0 Å². The van der Waals surface area contributed by atoms with E-state index in [1.165, 1.54) is 0 Å². The summed E-state index contributed by atoms with van der Waals surface area (Å²) in [5, 5.41) is 8.73. The zero-order valence-electron chi connectivity index (χ0n) is 8.11. The molecule has 0 radical (unpaired) electrons. The van der Waals surface area contributed by atoms with E-state index < -0.39 is 0 Å². The van der Waals surface area contributed by atoms with Gasteiger partial charge in [0.2, 0.25) is 0 Å². The van der Waals surface area contributed by atoms with Crippen molar-refractivity contribution >= 4 is 15.9 Å². The number of aromatic nitrogens is 2. The molecule has 0 unspecified atom stereocenters. The van der Waals surface area contributed by atoms with Crippen LogP contribution in [-0.2, 0) is 7.05 Å². The predicted molar refractivity (Wildman–Crippen MR) is 61.1 cm³/mol. The Morgan fingerprint density at radius 1 is 1.33 bits per heavy atom. The zero-order chi connectivity index (χ0) is 10.8. The fourth-order valence-electron chi connectivity index (χ4n) is 1.39. The molecule has 0 saturated heterocycles. The molecule has 15 heavy (non-hydrogen) atoms. The third-order valence-electron chi connectivity index (χ3n) is 2.09. The highest BCUT2D eigenvalue weighted by Crippen LogP contribution is 2.20. The first-order chi connectivity index (χ1) is 7.20. The monoisotopic (exact) mass is 261 g/mol. The molecule has 0 fully saturated rings. The van der Waals surface area contributed by atoms with Gasteiger partial charge in [-0.15, -0.1) is 0 Å². The van der Waals surface area contributed by atoms with Gasteiger partial charge < -0.3 is 4.57 Å². The summed E-state index contributed by atoms with van der Waals surface area (Å²) in [4.78, 5) is 4.21. The average molecular weight is 262 g/mol. The molecule has 0 aliphatic carbocycles. The zero-order valence-corrected chi connectivity index (χ0v) is 9.69. The Hall–Kier alpha value is -1.60. The number of hydrogen-bond acceptors (Lipinski definition) is 2. The molecular formula is C11H8BrN3. The standard InChI is InChI=1S/C11H8BrN3/c1-15-7-10(6-13)14-11(15)8-2-4-9(12)5-3-8/h2-5,7H,1H3. The molecule has 0 amide bonds. The van der Waals surface area contributed by atoms with Crippen LogP contribution >= 0.6 is 15.9 Å². The average Bonchev–Trinajstić information content (AvgIpc) is 2.61. The lowest BCUT2D eigenvalue weighted by Crippen LogP contribution is -1.90. The van der Waals surface area contributed by atoms with E-state index in [0.29, 0.717) is 5.69 Å².